The number of rotatable bonds is 8. The van der Waals surface area contributed by atoms with Crippen molar-refractivity contribution in [1.82, 2.24) is 19.7 Å². The molecule has 0 bridgehead atoms. The number of likely N-dealkylation sites (N-methyl/N-ethyl adjacent to an activating group) is 1. The van der Waals surface area contributed by atoms with Crippen LogP contribution in [0.3, 0.4) is 0 Å². The van der Waals surface area contributed by atoms with Gasteiger partial charge < -0.3 is 4.74 Å². The van der Waals surface area contributed by atoms with Crippen molar-refractivity contribution in [2.45, 2.75) is 6.67 Å². The topological polar surface area (TPSA) is 86.3 Å². The summed E-state index contributed by atoms with van der Waals surface area (Å²) in [5.74, 6) is 1.30. The molecule has 140 valence electrons. The van der Waals surface area contributed by atoms with Gasteiger partial charge >= 0.3 is 0 Å². The molecule has 0 radical (unpaired) electrons. The minimum Gasteiger partial charge on any atom is -0.492 e. The lowest BCUT2D eigenvalue weighted by Gasteiger charge is -2.16. The lowest BCUT2D eigenvalue weighted by molar-refractivity contribution is -0.384. The largest absolute Gasteiger partial charge is 0.492 e. The molecule has 0 unspecified atom stereocenters. The zero-order valence-corrected chi connectivity index (χ0v) is 15.4. The maximum Gasteiger partial charge on any atom is 0.269 e. The van der Waals surface area contributed by atoms with Crippen molar-refractivity contribution in [2.75, 3.05) is 20.2 Å². The summed E-state index contributed by atoms with van der Waals surface area (Å²) in [5, 5.41) is 15.8. The van der Waals surface area contributed by atoms with Crippen LogP contribution in [-0.2, 0) is 6.67 Å². The van der Waals surface area contributed by atoms with Gasteiger partial charge in [0.15, 0.2) is 5.82 Å². The van der Waals surface area contributed by atoms with Crippen molar-refractivity contribution in [1.29, 1.82) is 0 Å². The fraction of sp³-hybridized carbons (Fsp3) is 0.222. The summed E-state index contributed by atoms with van der Waals surface area (Å²) in [4.78, 5) is 16.6. The van der Waals surface area contributed by atoms with Crippen LogP contribution >= 0.6 is 11.6 Å². The summed E-state index contributed by atoms with van der Waals surface area (Å²) in [6.45, 7) is 1.78. The number of hydrogen-bond acceptors (Lipinski definition) is 6. The van der Waals surface area contributed by atoms with E-state index in [4.69, 9.17) is 16.3 Å². The molecule has 8 nitrogen and oxygen atoms in total. The van der Waals surface area contributed by atoms with Crippen molar-refractivity contribution in [3.05, 3.63) is 70.0 Å². The molecule has 3 rings (SSSR count). The summed E-state index contributed by atoms with van der Waals surface area (Å²) < 4.78 is 7.38. The lowest BCUT2D eigenvalue weighted by atomic mass is 10.2. The Kier molecular flexibility index (Phi) is 6.00. The summed E-state index contributed by atoms with van der Waals surface area (Å²) in [7, 11) is 1.96. The van der Waals surface area contributed by atoms with Gasteiger partial charge in [-0.15, -0.1) is 5.10 Å². The van der Waals surface area contributed by atoms with E-state index < -0.39 is 4.92 Å². The van der Waals surface area contributed by atoms with Gasteiger partial charge in [0.05, 0.1) is 11.6 Å². The molecule has 0 saturated heterocycles. The molecular formula is C18H18ClN5O3. The molecule has 0 saturated carbocycles. The van der Waals surface area contributed by atoms with Gasteiger partial charge in [-0.3, -0.25) is 15.0 Å². The molecule has 0 N–H and O–H groups in total. The van der Waals surface area contributed by atoms with Gasteiger partial charge in [0.25, 0.3) is 5.69 Å². The SMILES string of the molecule is CN(CCOc1ccc(Cl)cc1)Cn1cnc(-c2ccc([N+](=O)[O-])cc2)n1. The van der Waals surface area contributed by atoms with Crippen molar-refractivity contribution in [3.63, 3.8) is 0 Å². The maximum atomic E-state index is 10.7. The van der Waals surface area contributed by atoms with Crippen LogP contribution in [0.5, 0.6) is 5.75 Å². The standard InChI is InChI=1S/C18H18ClN5O3/c1-22(10-11-27-17-8-4-15(19)5-9-17)13-23-12-20-18(21-23)14-2-6-16(7-3-14)24(25)26/h2-9,12H,10-11,13H2,1H3. The van der Waals surface area contributed by atoms with E-state index in [1.54, 1.807) is 35.3 Å². The molecule has 0 aliphatic heterocycles. The number of hydrogen-bond donors (Lipinski definition) is 0. The van der Waals surface area contributed by atoms with Crippen LogP contribution in [-0.4, -0.2) is 44.8 Å². The minimum atomic E-state index is -0.434. The first-order valence-corrected chi connectivity index (χ1v) is 8.60. The van der Waals surface area contributed by atoms with E-state index >= 15 is 0 Å². The highest BCUT2D eigenvalue weighted by atomic mass is 35.5. The first kappa shape index (κ1) is 18.8. The minimum absolute atomic E-state index is 0.0404. The Labute approximate surface area is 161 Å². The molecule has 0 fully saturated rings. The van der Waals surface area contributed by atoms with Crippen LogP contribution in [0.15, 0.2) is 54.9 Å². The zero-order valence-electron chi connectivity index (χ0n) is 14.7. The summed E-state index contributed by atoms with van der Waals surface area (Å²) in [6, 6.07) is 13.4. The van der Waals surface area contributed by atoms with Gasteiger partial charge in [0.2, 0.25) is 0 Å². The lowest BCUT2D eigenvalue weighted by Crippen LogP contribution is -2.27. The van der Waals surface area contributed by atoms with Gasteiger partial charge in [0.1, 0.15) is 18.7 Å². The monoisotopic (exact) mass is 387 g/mol. The molecule has 9 heteroatoms. The number of ether oxygens (including phenoxy) is 1. The van der Waals surface area contributed by atoms with Crippen LogP contribution in [0.1, 0.15) is 0 Å². The summed E-state index contributed by atoms with van der Waals surface area (Å²) >= 11 is 5.84. The van der Waals surface area contributed by atoms with E-state index in [0.29, 0.717) is 30.7 Å². The number of aromatic nitrogens is 3. The Hall–Kier alpha value is -2.97. The van der Waals surface area contributed by atoms with Gasteiger partial charge in [-0.2, -0.15) is 0 Å². The molecular weight excluding hydrogens is 370 g/mol. The summed E-state index contributed by atoms with van der Waals surface area (Å²) in [6.07, 6.45) is 1.63. The molecule has 0 amide bonds. The average molecular weight is 388 g/mol. The maximum absolute atomic E-state index is 10.7. The van der Waals surface area contributed by atoms with Crippen LogP contribution < -0.4 is 4.74 Å². The normalized spacial score (nSPS) is 10.9. The third kappa shape index (κ3) is 5.25. The summed E-state index contributed by atoms with van der Waals surface area (Å²) in [5.41, 5.74) is 0.770. The Morgan fingerprint density at radius 2 is 1.89 bits per heavy atom. The second kappa shape index (κ2) is 8.61. The van der Waals surface area contributed by atoms with E-state index in [0.717, 1.165) is 11.3 Å². The van der Waals surface area contributed by atoms with E-state index in [1.165, 1.54) is 12.1 Å². The van der Waals surface area contributed by atoms with Crippen LogP contribution in [0.4, 0.5) is 5.69 Å². The quantitative estimate of drug-likeness (QED) is 0.434. The molecule has 0 aliphatic carbocycles. The van der Waals surface area contributed by atoms with Crippen molar-refractivity contribution >= 4 is 17.3 Å². The number of halogens is 1. The fourth-order valence-corrected chi connectivity index (χ4v) is 2.52. The van der Waals surface area contributed by atoms with Gasteiger partial charge in [-0.05, 0) is 43.4 Å². The van der Waals surface area contributed by atoms with Gasteiger partial charge in [0, 0.05) is 29.3 Å². The average Bonchev–Trinajstić information content (AvgIpc) is 3.12. The van der Waals surface area contributed by atoms with Crippen molar-refractivity contribution in [3.8, 4) is 17.1 Å². The number of benzene rings is 2. The molecule has 0 atom stereocenters. The van der Waals surface area contributed by atoms with Crippen molar-refractivity contribution < 1.29 is 9.66 Å². The predicted molar refractivity (Wildman–Crippen MR) is 102 cm³/mol. The van der Waals surface area contributed by atoms with E-state index in [-0.39, 0.29) is 5.69 Å². The Balaban J connectivity index is 1.50. The van der Waals surface area contributed by atoms with Crippen molar-refractivity contribution in [2.24, 2.45) is 0 Å². The zero-order chi connectivity index (χ0) is 19.2. The molecule has 1 aromatic heterocycles. The number of nitrogens with zero attached hydrogens (tertiary/aromatic N) is 5. The molecule has 0 aliphatic rings. The number of nitro benzene ring substituents is 1. The fourth-order valence-electron chi connectivity index (χ4n) is 2.40. The molecule has 27 heavy (non-hydrogen) atoms. The van der Waals surface area contributed by atoms with Crippen LogP contribution in [0, 0.1) is 10.1 Å². The third-order valence-electron chi connectivity index (χ3n) is 3.81. The molecule has 0 spiro atoms. The van der Waals surface area contributed by atoms with Gasteiger partial charge in [-0.25, -0.2) is 9.67 Å². The highest BCUT2D eigenvalue weighted by Gasteiger charge is 2.09. The molecule has 3 aromatic rings. The highest BCUT2D eigenvalue weighted by Crippen LogP contribution is 2.19. The Morgan fingerprint density at radius 1 is 1.19 bits per heavy atom. The first-order valence-electron chi connectivity index (χ1n) is 8.22. The number of non-ortho nitro benzene ring substituents is 1. The van der Waals surface area contributed by atoms with E-state index in [1.807, 2.05) is 24.1 Å². The van der Waals surface area contributed by atoms with Gasteiger partial charge in [-0.1, -0.05) is 11.6 Å². The highest BCUT2D eigenvalue weighted by molar-refractivity contribution is 6.30. The number of nitro groups is 1. The first-order chi connectivity index (χ1) is 13.0. The molecule has 1 heterocycles. The Morgan fingerprint density at radius 3 is 2.56 bits per heavy atom. The van der Waals surface area contributed by atoms with Crippen LogP contribution in [0.2, 0.25) is 5.02 Å². The molecule has 2 aromatic carbocycles. The Bertz CT molecular complexity index is 896. The third-order valence-corrected chi connectivity index (χ3v) is 4.07. The smallest absolute Gasteiger partial charge is 0.269 e. The second-order valence-corrected chi connectivity index (χ2v) is 6.37. The van der Waals surface area contributed by atoms with E-state index in [2.05, 4.69) is 10.1 Å². The second-order valence-electron chi connectivity index (χ2n) is 5.94. The van der Waals surface area contributed by atoms with Crippen LogP contribution in [0.25, 0.3) is 11.4 Å². The predicted octanol–water partition coefficient (Wildman–Crippen LogP) is 3.48. The van der Waals surface area contributed by atoms with E-state index in [9.17, 15) is 10.1 Å².